The van der Waals surface area contributed by atoms with Gasteiger partial charge in [-0.2, -0.15) is 13.2 Å². The molecule has 9 nitrogen and oxygen atoms in total. The molecule has 0 radical (unpaired) electrons. The van der Waals surface area contributed by atoms with Gasteiger partial charge in [-0.05, 0) is 48.9 Å². The number of hydrogen-bond donors (Lipinski definition) is 2. The smallest absolute Gasteiger partial charge is 0.493 e. The molecular formula is C18H14F3N3O6S. The Hall–Kier alpha value is -3.61. The van der Waals surface area contributed by atoms with Crippen molar-refractivity contribution in [1.29, 1.82) is 0 Å². The highest BCUT2D eigenvalue weighted by Gasteiger charge is 2.46. The van der Waals surface area contributed by atoms with Crippen LogP contribution < -0.4 is 5.69 Å². The average molecular weight is 457 g/mol. The van der Waals surface area contributed by atoms with E-state index in [1.54, 1.807) is 0 Å². The molecule has 3 aromatic rings. The van der Waals surface area contributed by atoms with Crippen LogP contribution >= 0.6 is 0 Å². The van der Waals surface area contributed by atoms with Gasteiger partial charge in [0.05, 0.1) is 22.8 Å². The third-order valence-electron chi connectivity index (χ3n) is 4.46. The number of carbonyl (C=O) groups is 1. The quantitative estimate of drug-likeness (QED) is 0.600. The molecule has 0 amide bonds. The van der Waals surface area contributed by atoms with Crippen LogP contribution in [0.1, 0.15) is 21.7 Å². The molecule has 31 heavy (non-hydrogen) atoms. The maximum Gasteiger partial charge on any atom is 0.501 e. The Kier molecular flexibility index (Phi) is 5.40. The first-order chi connectivity index (χ1) is 14.3. The number of benzene rings is 1. The van der Waals surface area contributed by atoms with E-state index < -0.39 is 37.8 Å². The van der Waals surface area contributed by atoms with E-state index in [-0.39, 0.29) is 23.6 Å². The van der Waals surface area contributed by atoms with E-state index in [9.17, 15) is 36.3 Å². The van der Waals surface area contributed by atoms with Gasteiger partial charge >= 0.3 is 17.2 Å². The Bertz CT molecular complexity index is 1330. The highest BCUT2D eigenvalue weighted by molar-refractivity contribution is 7.92. The average Bonchev–Trinajstić information content (AvgIpc) is 2.91. The van der Waals surface area contributed by atoms with Gasteiger partial charge in [0.1, 0.15) is 5.69 Å². The lowest BCUT2D eigenvalue weighted by Crippen LogP contribution is -2.25. The summed E-state index contributed by atoms with van der Waals surface area (Å²) in [6.07, 6.45) is 1.25. The topological polar surface area (TPSA) is 131 Å². The van der Waals surface area contributed by atoms with Crippen molar-refractivity contribution in [3.8, 4) is 11.6 Å². The Morgan fingerprint density at radius 3 is 2.32 bits per heavy atom. The number of nitrogens with zero attached hydrogens (tertiary/aromatic N) is 3. The van der Waals surface area contributed by atoms with Gasteiger partial charge in [0.15, 0.2) is 0 Å². The number of hydrogen-bond acceptors (Lipinski definition) is 6. The van der Waals surface area contributed by atoms with Gasteiger partial charge in [-0.15, -0.1) is 0 Å². The van der Waals surface area contributed by atoms with E-state index in [1.165, 1.54) is 25.3 Å². The van der Waals surface area contributed by atoms with E-state index in [2.05, 4.69) is 4.98 Å². The third-order valence-corrected chi connectivity index (χ3v) is 5.96. The lowest BCUT2D eigenvalue weighted by molar-refractivity contribution is -0.0436. The van der Waals surface area contributed by atoms with E-state index >= 15 is 0 Å². The molecule has 3 rings (SSSR count). The molecule has 0 unspecified atom stereocenters. The number of aromatic hydroxyl groups is 1. The van der Waals surface area contributed by atoms with Crippen molar-refractivity contribution >= 4 is 15.8 Å². The van der Waals surface area contributed by atoms with Crippen LogP contribution in [0.5, 0.6) is 5.88 Å². The number of imidazole rings is 1. The van der Waals surface area contributed by atoms with Gasteiger partial charge in [0.25, 0.3) is 9.84 Å². The predicted octanol–water partition coefficient (Wildman–Crippen LogP) is 2.09. The maximum absolute atomic E-state index is 12.8. The highest BCUT2D eigenvalue weighted by atomic mass is 32.2. The SMILES string of the molecule is Cc1c(O)n(-c2ccc(S(=O)(=O)C(F)(F)F)cc2)c(=O)n1Cc1ccnc(C(=O)O)c1. The molecule has 2 aromatic heterocycles. The summed E-state index contributed by atoms with van der Waals surface area (Å²) in [5.74, 6) is -1.77. The standard InChI is InChI=1S/C18H14F3N3O6S/c1-10-15(25)24(12-2-4-13(5-3-12)31(29,30)18(19,20)21)17(28)23(10)9-11-6-7-22-14(8-11)16(26)27/h2-8,25H,9H2,1H3,(H,26,27). The second-order valence-electron chi connectivity index (χ2n) is 6.41. The molecule has 0 aliphatic rings. The van der Waals surface area contributed by atoms with Crippen LogP contribution in [0.25, 0.3) is 5.69 Å². The minimum Gasteiger partial charge on any atom is -0.493 e. The highest BCUT2D eigenvalue weighted by Crippen LogP contribution is 2.31. The Morgan fingerprint density at radius 1 is 1.16 bits per heavy atom. The van der Waals surface area contributed by atoms with Crippen LogP contribution in [0.3, 0.4) is 0 Å². The van der Waals surface area contributed by atoms with Crippen molar-refractivity contribution in [2.24, 2.45) is 0 Å². The van der Waals surface area contributed by atoms with Crippen molar-refractivity contribution in [1.82, 2.24) is 14.1 Å². The van der Waals surface area contributed by atoms with Gasteiger partial charge in [-0.1, -0.05) is 0 Å². The molecule has 0 bridgehead atoms. The molecular weight excluding hydrogens is 443 g/mol. The molecule has 164 valence electrons. The number of aromatic nitrogens is 3. The molecule has 1 aromatic carbocycles. The Labute approximate surface area is 172 Å². The summed E-state index contributed by atoms with van der Waals surface area (Å²) in [6, 6.07) is 6.00. The minimum atomic E-state index is -5.56. The normalized spacial score (nSPS) is 12.1. The molecule has 0 fully saturated rings. The van der Waals surface area contributed by atoms with Gasteiger partial charge in [-0.25, -0.2) is 27.6 Å². The summed E-state index contributed by atoms with van der Waals surface area (Å²) in [4.78, 5) is 26.5. The number of aromatic carboxylic acids is 1. The molecule has 2 N–H and O–H groups in total. The van der Waals surface area contributed by atoms with Gasteiger partial charge in [0.2, 0.25) is 5.88 Å². The molecule has 13 heteroatoms. The van der Waals surface area contributed by atoms with Crippen LogP contribution in [0.2, 0.25) is 0 Å². The lowest BCUT2D eigenvalue weighted by Gasteiger charge is -2.09. The van der Waals surface area contributed by atoms with E-state index in [0.29, 0.717) is 17.7 Å². The summed E-state index contributed by atoms with van der Waals surface area (Å²) >= 11 is 0. The summed E-state index contributed by atoms with van der Waals surface area (Å²) in [5.41, 5.74) is -6.05. The van der Waals surface area contributed by atoms with Gasteiger partial charge < -0.3 is 10.2 Å². The summed E-state index contributed by atoms with van der Waals surface area (Å²) in [6.45, 7) is 1.30. The van der Waals surface area contributed by atoms with Crippen LogP contribution in [0.15, 0.2) is 52.3 Å². The molecule has 0 aliphatic carbocycles. The van der Waals surface area contributed by atoms with Crippen molar-refractivity contribution < 1.29 is 36.6 Å². The van der Waals surface area contributed by atoms with Crippen LogP contribution in [0.4, 0.5) is 13.2 Å². The Balaban J connectivity index is 2.02. The van der Waals surface area contributed by atoms with Crippen molar-refractivity contribution in [3.63, 3.8) is 0 Å². The minimum absolute atomic E-state index is 0.0635. The van der Waals surface area contributed by atoms with Crippen molar-refractivity contribution in [3.05, 3.63) is 70.0 Å². The zero-order valence-corrected chi connectivity index (χ0v) is 16.5. The first kappa shape index (κ1) is 22.1. The number of carboxylic acid groups (broad SMARTS) is 1. The number of alkyl halides is 3. The maximum atomic E-state index is 12.8. The van der Waals surface area contributed by atoms with Crippen LogP contribution in [-0.2, 0) is 16.4 Å². The van der Waals surface area contributed by atoms with Crippen LogP contribution in [0, 0.1) is 6.92 Å². The largest absolute Gasteiger partial charge is 0.501 e. The zero-order valence-electron chi connectivity index (χ0n) is 15.7. The van der Waals surface area contributed by atoms with Crippen molar-refractivity contribution in [2.45, 2.75) is 23.9 Å². The summed E-state index contributed by atoms with van der Waals surface area (Å²) in [5, 5.41) is 19.4. The number of pyridine rings is 1. The number of sulfone groups is 1. The van der Waals surface area contributed by atoms with Gasteiger partial charge in [-0.3, -0.25) is 4.57 Å². The number of rotatable bonds is 5. The molecule has 0 aliphatic heterocycles. The molecule has 0 atom stereocenters. The lowest BCUT2D eigenvalue weighted by atomic mass is 10.2. The van der Waals surface area contributed by atoms with E-state index in [4.69, 9.17) is 5.11 Å². The van der Waals surface area contributed by atoms with E-state index in [0.717, 1.165) is 21.3 Å². The second kappa shape index (κ2) is 7.58. The number of halogens is 3. The monoisotopic (exact) mass is 457 g/mol. The summed E-state index contributed by atoms with van der Waals surface area (Å²) in [7, 11) is -5.56. The third kappa shape index (κ3) is 3.91. The Morgan fingerprint density at radius 2 is 1.77 bits per heavy atom. The predicted molar refractivity (Wildman–Crippen MR) is 100.0 cm³/mol. The second-order valence-corrected chi connectivity index (χ2v) is 8.35. The summed E-state index contributed by atoms with van der Waals surface area (Å²) < 4.78 is 62.9. The molecule has 2 heterocycles. The van der Waals surface area contributed by atoms with Crippen molar-refractivity contribution in [2.75, 3.05) is 0 Å². The van der Waals surface area contributed by atoms with Crippen LogP contribution in [-0.4, -0.2) is 44.2 Å². The van der Waals surface area contributed by atoms with E-state index in [1.807, 2.05) is 0 Å². The molecule has 0 saturated carbocycles. The van der Waals surface area contributed by atoms with Gasteiger partial charge in [0, 0.05) is 6.20 Å². The molecule has 0 spiro atoms. The zero-order chi connectivity index (χ0) is 23.1. The molecule has 0 saturated heterocycles. The fourth-order valence-electron chi connectivity index (χ4n) is 2.84. The first-order valence-corrected chi connectivity index (χ1v) is 9.94. The number of carboxylic acids is 1. The fraction of sp³-hybridized carbons (Fsp3) is 0.167. The first-order valence-electron chi connectivity index (χ1n) is 8.45. The fourth-order valence-corrected chi connectivity index (χ4v) is 3.60.